The van der Waals surface area contributed by atoms with Crippen molar-refractivity contribution < 1.29 is 4.79 Å². The van der Waals surface area contributed by atoms with E-state index in [4.69, 9.17) is 11.6 Å². The molecule has 82 valence electrons. The zero-order valence-electron chi connectivity index (χ0n) is 8.36. The van der Waals surface area contributed by atoms with Gasteiger partial charge in [0, 0.05) is 18.5 Å². The molecule has 1 fully saturated rings. The number of alkyl halides is 1. The Morgan fingerprint density at radius 2 is 2.53 bits per heavy atom. The summed E-state index contributed by atoms with van der Waals surface area (Å²) in [4.78, 5) is 18.6. The van der Waals surface area contributed by atoms with Gasteiger partial charge in [0.2, 0.25) is 0 Å². The molecule has 1 aliphatic heterocycles. The third-order valence-electron chi connectivity index (χ3n) is 2.71. The molecule has 1 saturated heterocycles. The van der Waals surface area contributed by atoms with E-state index in [1.54, 1.807) is 11.7 Å². The van der Waals surface area contributed by atoms with E-state index in [0.717, 1.165) is 19.4 Å². The molecule has 2 heterocycles. The van der Waals surface area contributed by atoms with Crippen LogP contribution in [0.15, 0.2) is 11.7 Å². The van der Waals surface area contributed by atoms with Crippen LogP contribution in [0.25, 0.3) is 0 Å². The van der Waals surface area contributed by atoms with Crippen molar-refractivity contribution in [2.75, 3.05) is 12.4 Å². The molecule has 1 aromatic rings. The average molecular weight is 245 g/mol. The number of hydrogen-bond donors (Lipinski definition) is 0. The molecule has 2 rings (SSSR count). The Bertz CT molecular complexity index is 328. The summed E-state index contributed by atoms with van der Waals surface area (Å²) in [5.74, 6) is 0.618. The molecule has 1 amide bonds. The fraction of sp³-hybridized carbons (Fsp3) is 0.600. The maximum atomic E-state index is 12.1. The standard InChI is InChI=1S/C10H13ClN2OS/c11-5-8-3-1-2-4-13(8)10(14)9-6-12-7-15-9/h6-8H,1-5H2. The predicted octanol–water partition coefficient (Wildman–Crippen LogP) is 2.38. The molecule has 1 aliphatic rings. The van der Waals surface area contributed by atoms with Gasteiger partial charge in [-0.3, -0.25) is 9.78 Å². The monoisotopic (exact) mass is 244 g/mol. The lowest BCUT2D eigenvalue weighted by Gasteiger charge is -2.34. The predicted molar refractivity (Wildman–Crippen MR) is 61.5 cm³/mol. The van der Waals surface area contributed by atoms with Gasteiger partial charge in [0.15, 0.2) is 0 Å². The number of likely N-dealkylation sites (tertiary alicyclic amines) is 1. The number of thiazole rings is 1. The van der Waals surface area contributed by atoms with Gasteiger partial charge in [0.05, 0.1) is 11.7 Å². The van der Waals surface area contributed by atoms with Crippen LogP contribution in [0.1, 0.15) is 28.9 Å². The highest BCUT2D eigenvalue weighted by Crippen LogP contribution is 2.21. The summed E-state index contributed by atoms with van der Waals surface area (Å²) >= 11 is 7.27. The minimum absolute atomic E-state index is 0.0860. The summed E-state index contributed by atoms with van der Waals surface area (Å²) in [6, 6.07) is 0.204. The average Bonchev–Trinajstić information content (AvgIpc) is 2.81. The highest BCUT2D eigenvalue weighted by molar-refractivity contribution is 7.11. The molecule has 0 radical (unpaired) electrons. The first-order valence-electron chi connectivity index (χ1n) is 5.08. The maximum absolute atomic E-state index is 12.1. The Hall–Kier alpha value is -0.610. The number of carbonyl (C=O) groups excluding carboxylic acids is 1. The molecular weight excluding hydrogens is 232 g/mol. The molecule has 1 atom stereocenters. The fourth-order valence-electron chi connectivity index (χ4n) is 1.89. The highest BCUT2D eigenvalue weighted by Gasteiger charge is 2.27. The maximum Gasteiger partial charge on any atom is 0.265 e. The smallest absolute Gasteiger partial charge is 0.265 e. The van der Waals surface area contributed by atoms with Crippen molar-refractivity contribution in [2.24, 2.45) is 0 Å². The van der Waals surface area contributed by atoms with Crippen LogP contribution in [0.3, 0.4) is 0 Å². The van der Waals surface area contributed by atoms with Crippen molar-refractivity contribution >= 4 is 28.8 Å². The van der Waals surface area contributed by atoms with E-state index < -0.39 is 0 Å². The van der Waals surface area contributed by atoms with E-state index >= 15 is 0 Å². The summed E-state index contributed by atoms with van der Waals surface area (Å²) in [6.45, 7) is 0.827. The van der Waals surface area contributed by atoms with Gasteiger partial charge in [0.25, 0.3) is 5.91 Å². The summed E-state index contributed by atoms with van der Waals surface area (Å²) in [7, 11) is 0. The van der Waals surface area contributed by atoms with Crippen LogP contribution in [-0.4, -0.2) is 34.3 Å². The summed E-state index contributed by atoms with van der Waals surface area (Å²) in [5, 5.41) is 0. The van der Waals surface area contributed by atoms with Crippen molar-refractivity contribution in [1.82, 2.24) is 9.88 Å². The lowest BCUT2D eigenvalue weighted by atomic mass is 10.0. The van der Waals surface area contributed by atoms with E-state index in [1.165, 1.54) is 17.8 Å². The molecule has 0 spiro atoms. The number of halogens is 1. The van der Waals surface area contributed by atoms with E-state index in [-0.39, 0.29) is 11.9 Å². The van der Waals surface area contributed by atoms with Gasteiger partial charge in [-0.25, -0.2) is 0 Å². The molecule has 0 bridgehead atoms. The number of aromatic nitrogens is 1. The van der Waals surface area contributed by atoms with Gasteiger partial charge in [-0.05, 0) is 19.3 Å². The molecule has 0 N–H and O–H groups in total. The van der Waals surface area contributed by atoms with Crippen LogP contribution < -0.4 is 0 Å². The van der Waals surface area contributed by atoms with Crippen LogP contribution in [0.5, 0.6) is 0 Å². The second-order valence-corrected chi connectivity index (χ2v) is 4.86. The molecule has 0 saturated carbocycles. The number of carbonyl (C=O) groups is 1. The largest absolute Gasteiger partial charge is 0.334 e. The number of amides is 1. The van der Waals surface area contributed by atoms with Crippen molar-refractivity contribution in [3.63, 3.8) is 0 Å². The SMILES string of the molecule is O=C(c1cncs1)N1CCCCC1CCl. The van der Waals surface area contributed by atoms with Crippen LogP contribution in [0, 0.1) is 0 Å². The first-order chi connectivity index (χ1) is 7.33. The second-order valence-electron chi connectivity index (χ2n) is 3.67. The highest BCUT2D eigenvalue weighted by atomic mass is 35.5. The molecule has 0 aromatic carbocycles. The van der Waals surface area contributed by atoms with E-state index in [0.29, 0.717) is 10.8 Å². The lowest BCUT2D eigenvalue weighted by Crippen LogP contribution is -2.44. The Kier molecular flexibility index (Phi) is 3.59. The van der Waals surface area contributed by atoms with E-state index in [1.807, 2.05) is 4.90 Å². The normalized spacial score (nSPS) is 21.7. The van der Waals surface area contributed by atoms with E-state index in [2.05, 4.69) is 4.98 Å². The Balaban J connectivity index is 2.11. The number of hydrogen-bond acceptors (Lipinski definition) is 3. The Morgan fingerprint density at radius 3 is 3.20 bits per heavy atom. The fourth-order valence-corrected chi connectivity index (χ4v) is 2.79. The zero-order valence-corrected chi connectivity index (χ0v) is 9.93. The summed E-state index contributed by atoms with van der Waals surface area (Å²) < 4.78 is 0. The molecular formula is C10H13ClN2OS. The minimum Gasteiger partial charge on any atom is -0.334 e. The number of piperidine rings is 1. The van der Waals surface area contributed by atoms with Gasteiger partial charge in [-0.1, -0.05) is 0 Å². The Labute approximate surface area is 98.1 Å². The molecule has 0 aliphatic carbocycles. The van der Waals surface area contributed by atoms with Crippen LogP contribution in [-0.2, 0) is 0 Å². The molecule has 3 nitrogen and oxygen atoms in total. The lowest BCUT2D eigenvalue weighted by molar-refractivity contribution is 0.0644. The van der Waals surface area contributed by atoms with Crippen LogP contribution >= 0.6 is 22.9 Å². The molecule has 1 aromatic heterocycles. The molecule has 15 heavy (non-hydrogen) atoms. The van der Waals surface area contributed by atoms with Crippen LogP contribution in [0.2, 0.25) is 0 Å². The van der Waals surface area contributed by atoms with Crippen molar-refractivity contribution in [1.29, 1.82) is 0 Å². The van der Waals surface area contributed by atoms with Gasteiger partial charge in [-0.15, -0.1) is 22.9 Å². The second kappa shape index (κ2) is 4.94. The van der Waals surface area contributed by atoms with Gasteiger partial charge in [-0.2, -0.15) is 0 Å². The van der Waals surface area contributed by atoms with Gasteiger partial charge >= 0.3 is 0 Å². The number of nitrogens with zero attached hydrogens (tertiary/aromatic N) is 2. The van der Waals surface area contributed by atoms with Crippen molar-refractivity contribution in [2.45, 2.75) is 25.3 Å². The zero-order chi connectivity index (χ0) is 10.7. The quantitative estimate of drug-likeness (QED) is 0.749. The molecule has 1 unspecified atom stereocenters. The van der Waals surface area contributed by atoms with E-state index in [9.17, 15) is 4.79 Å². The number of rotatable bonds is 2. The van der Waals surface area contributed by atoms with Crippen molar-refractivity contribution in [3.05, 3.63) is 16.6 Å². The summed E-state index contributed by atoms with van der Waals surface area (Å²) in [6.07, 6.45) is 4.91. The minimum atomic E-state index is 0.0860. The summed E-state index contributed by atoms with van der Waals surface area (Å²) in [5.41, 5.74) is 1.69. The third-order valence-corrected chi connectivity index (χ3v) is 3.83. The molecule has 5 heteroatoms. The Morgan fingerprint density at radius 1 is 1.67 bits per heavy atom. The van der Waals surface area contributed by atoms with Crippen LogP contribution in [0.4, 0.5) is 0 Å². The first-order valence-corrected chi connectivity index (χ1v) is 6.49. The topological polar surface area (TPSA) is 33.2 Å². The van der Waals surface area contributed by atoms with Gasteiger partial charge in [0.1, 0.15) is 4.88 Å². The first kappa shape index (κ1) is 10.9. The van der Waals surface area contributed by atoms with Crippen molar-refractivity contribution in [3.8, 4) is 0 Å². The van der Waals surface area contributed by atoms with Gasteiger partial charge < -0.3 is 4.90 Å². The third kappa shape index (κ3) is 2.32.